The Morgan fingerprint density at radius 2 is 2.05 bits per heavy atom. The molecule has 4 rings (SSSR count). The maximum atomic E-state index is 6.23. The highest BCUT2D eigenvalue weighted by Gasteiger charge is 2.50. The van der Waals surface area contributed by atoms with Crippen LogP contribution in [-0.2, 0) is 0 Å². The number of hydrogen-bond donors (Lipinski definition) is 1. The van der Waals surface area contributed by atoms with Crippen molar-refractivity contribution in [1.82, 2.24) is 0 Å². The second-order valence-electron chi connectivity index (χ2n) is 7.97. The van der Waals surface area contributed by atoms with Crippen molar-refractivity contribution in [2.75, 3.05) is 6.54 Å². The van der Waals surface area contributed by atoms with Crippen LogP contribution in [-0.4, -0.2) is 6.54 Å². The molecule has 0 aromatic heterocycles. The van der Waals surface area contributed by atoms with E-state index >= 15 is 0 Å². The first-order valence-electron chi connectivity index (χ1n) is 8.82. The topological polar surface area (TPSA) is 26.0 Å². The van der Waals surface area contributed by atoms with Gasteiger partial charge in [0.15, 0.2) is 0 Å². The largest absolute Gasteiger partial charge is 0.330 e. The summed E-state index contributed by atoms with van der Waals surface area (Å²) in [5, 5.41) is 0. The highest BCUT2D eigenvalue weighted by Crippen LogP contribution is 2.62. The molecule has 1 nitrogen and oxygen atoms in total. The minimum Gasteiger partial charge on any atom is -0.330 e. The molecule has 0 saturated heterocycles. The molecule has 1 heteroatoms. The van der Waals surface area contributed by atoms with Crippen LogP contribution in [0.15, 0.2) is 22.8 Å². The van der Waals surface area contributed by atoms with Crippen molar-refractivity contribution >= 4 is 0 Å². The van der Waals surface area contributed by atoms with Crippen molar-refractivity contribution in [2.45, 2.75) is 71.1 Å². The van der Waals surface area contributed by atoms with E-state index in [4.69, 9.17) is 5.73 Å². The van der Waals surface area contributed by atoms with E-state index in [-0.39, 0.29) is 0 Å². The van der Waals surface area contributed by atoms with Gasteiger partial charge in [-0.05, 0) is 75.7 Å². The number of fused-ring (bicyclic) bond motifs is 4. The summed E-state index contributed by atoms with van der Waals surface area (Å²) in [6.45, 7) is 3.48. The zero-order chi connectivity index (χ0) is 13.8. The van der Waals surface area contributed by atoms with Gasteiger partial charge in [0, 0.05) is 5.41 Å². The Balaban J connectivity index is 1.80. The quantitative estimate of drug-likeness (QED) is 0.685. The van der Waals surface area contributed by atoms with Gasteiger partial charge in [-0.25, -0.2) is 0 Å². The van der Waals surface area contributed by atoms with Gasteiger partial charge in [0.25, 0.3) is 0 Å². The summed E-state index contributed by atoms with van der Waals surface area (Å²) in [6, 6.07) is 0. The van der Waals surface area contributed by atoms with Crippen molar-refractivity contribution in [3.8, 4) is 0 Å². The fourth-order valence-corrected chi connectivity index (χ4v) is 6.14. The monoisotopic (exact) mass is 271 g/mol. The van der Waals surface area contributed by atoms with Crippen LogP contribution in [0.2, 0.25) is 0 Å². The molecule has 0 aromatic carbocycles. The van der Waals surface area contributed by atoms with E-state index in [1.165, 1.54) is 64.2 Å². The number of rotatable bonds is 1. The van der Waals surface area contributed by atoms with Crippen molar-refractivity contribution in [1.29, 1.82) is 0 Å². The molecule has 4 aliphatic carbocycles. The molecule has 20 heavy (non-hydrogen) atoms. The van der Waals surface area contributed by atoms with E-state index in [1.54, 1.807) is 5.57 Å². The van der Waals surface area contributed by atoms with E-state index in [9.17, 15) is 0 Å². The zero-order valence-electron chi connectivity index (χ0n) is 13.0. The minimum atomic E-state index is 0.440. The third kappa shape index (κ3) is 1.59. The Morgan fingerprint density at radius 1 is 1.15 bits per heavy atom. The summed E-state index contributed by atoms with van der Waals surface area (Å²) in [4.78, 5) is 0. The Labute approximate surface area is 123 Å². The van der Waals surface area contributed by atoms with Crippen LogP contribution in [0.1, 0.15) is 71.1 Å². The van der Waals surface area contributed by atoms with Gasteiger partial charge < -0.3 is 5.73 Å². The third-order valence-corrected chi connectivity index (χ3v) is 7.30. The molecule has 3 atom stereocenters. The van der Waals surface area contributed by atoms with Crippen LogP contribution < -0.4 is 5.73 Å². The van der Waals surface area contributed by atoms with E-state index in [1.807, 2.05) is 11.1 Å². The molecule has 0 spiro atoms. The van der Waals surface area contributed by atoms with Gasteiger partial charge in [0.2, 0.25) is 0 Å². The van der Waals surface area contributed by atoms with Crippen LogP contribution in [0, 0.1) is 16.7 Å². The van der Waals surface area contributed by atoms with E-state index in [2.05, 4.69) is 13.0 Å². The molecule has 1 fully saturated rings. The summed E-state index contributed by atoms with van der Waals surface area (Å²) < 4.78 is 0. The second-order valence-corrected chi connectivity index (χ2v) is 7.97. The smallest absolute Gasteiger partial charge is 0.00952 e. The van der Waals surface area contributed by atoms with Crippen molar-refractivity contribution in [2.24, 2.45) is 22.5 Å². The number of nitrogens with two attached hydrogens (primary N) is 1. The SMILES string of the molecule is C[C@]12CCCC=C1CCC1=C2CC[C@]2(CN)CCC[C@@H]12. The molecule has 1 saturated carbocycles. The highest BCUT2D eigenvalue weighted by molar-refractivity contribution is 5.42. The third-order valence-electron chi connectivity index (χ3n) is 7.30. The summed E-state index contributed by atoms with van der Waals surface area (Å²) in [5.74, 6) is 0.844. The summed E-state index contributed by atoms with van der Waals surface area (Å²) in [6.07, 6.45) is 16.3. The van der Waals surface area contributed by atoms with E-state index in [0.717, 1.165) is 12.5 Å². The average molecular weight is 271 g/mol. The maximum absolute atomic E-state index is 6.23. The first-order chi connectivity index (χ1) is 9.70. The predicted molar refractivity (Wildman–Crippen MR) is 84.4 cm³/mol. The predicted octanol–water partition coefficient (Wildman–Crippen LogP) is 4.73. The second kappa shape index (κ2) is 4.47. The molecular weight excluding hydrogens is 242 g/mol. The average Bonchev–Trinajstić information content (AvgIpc) is 2.91. The zero-order valence-corrected chi connectivity index (χ0v) is 13.0. The van der Waals surface area contributed by atoms with Crippen molar-refractivity contribution in [3.05, 3.63) is 22.8 Å². The van der Waals surface area contributed by atoms with Gasteiger partial charge in [0.1, 0.15) is 0 Å². The molecular formula is C19H29N. The molecule has 0 aromatic rings. The molecule has 0 bridgehead atoms. The van der Waals surface area contributed by atoms with Gasteiger partial charge in [-0.3, -0.25) is 0 Å². The Kier molecular flexibility index (Phi) is 2.93. The van der Waals surface area contributed by atoms with Crippen LogP contribution in [0.3, 0.4) is 0 Å². The minimum absolute atomic E-state index is 0.440. The lowest BCUT2D eigenvalue weighted by atomic mass is 9.54. The Morgan fingerprint density at radius 3 is 2.90 bits per heavy atom. The lowest BCUT2D eigenvalue weighted by molar-refractivity contribution is 0.177. The molecule has 0 heterocycles. The summed E-state index contributed by atoms with van der Waals surface area (Å²) in [5.41, 5.74) is 12.7. The lowest BCUT2D eigenvalue weighted by Gasteiger charge is -2.51. The summed E-state index contributed by atoms with van der Waals surface area (Å²) in [7, 11) is 0. The van der Waals surface area contributed by atoms with Gasteiger partial charge in [-0.15, -0.1) is 0 Å². The summed E-state index contributed by atoms with van der Waals surface area (Å²) >= 11 is 0. The molecule has 0 amide bonds. The van der Waals surface area contributed by atoms with Crippen molar-refractivity contribution in [3.63, 3.8) is 0 Å². The number of allylic oxidation sites excluding steroid dienone is 4. The molecule has 110 valence electrons. The number of hydrogen-bond acceptors (Lipinski definition) is 1. The van der Waals surface area contributed by atoms with Crippen LogP contribution in [0.4, 0.5) is 0 Å². The van der Waals surface area contributed by atoms with E-state index in [0.29, 0.717) is 10.8 Å². The van der Waals surface area contributed by atoms with Crippen LogP contribution in [0.25, 0.3) is 0 Å². The Hall–Kier alpha value is -0.560. The molecule has 0 aliphatic heterocycles. The van der Waals surface area contributed by atoms with Gasteiger partial charge in [0.05, 0.1) is 0 Å². The van der Waals surface area contributed by atoms with Gasteiger partial charge in [-0.1, -0.05) is 36.1 Å². The lowest BCUT2D eigenvalue weighted by Crippen LogP contribution is -2.42. The van der Waals surface area contributed by atoms with Crippen molar-refractivity contribution < 1.29 is 0 Å². The molecule has 4 aliphatic rings. The fraction of sp³-hybridized carbons (Fsp3) is 0.789. The molecule has 0 unspecified atom stereocenters. The maximum Gasteiger partial charge on any atom is 0.00952 e. The fourth-order valence-electron chi connectivity index (χ4n) is 6.14. The van der Waals surface area contributed by atoms with Gasteiger partial charge >= 0.3 is 0 Å². The molecule has 2 N–H and O–H groups in total. The first kappa shape index (κ1) is 13.1. The standard InChI is InChI=1S/C19H29N/c1-18-10-3-2-5-14(18)7-8-15-16(18)9-12-19(13-20)11-4-6-17(15)19/h5,17H,2-4,6-13,20H2,1H3/t17-,18-,19-/m0/s1. The van der Waals surface area contributed by atoms with Crippen LogP contribution in [0.5, 0.6) is 0 Å². The normalized spacial score (nSPS) is 43.7. The Bertz CT molecular complexity index is 486. The molecule has 0 radical (unpaired) electrons. The van der Waals surface area contributed by atoms with Gasteiger partial charge in [-0.2, -0.15) is 0 Å². The van der Waals surface area contributed by atoms with Crippen LogP contribution >= 0.6 is 0 Å². The van der Waals surface area contributed by atoms with E-state index < -0.39 is 0 Å². The first-order valence-corrected chi connectivity index (χ1v) is 8.82. The highest BCUT2D eigenvalue weighted by atomic mass is 14.7.